The molecule has 1 aliphatic heterocycles. The van der Waals surface area contributed by atoms with Crippen molar-refractivity contribution in [1.82, 2.24) is 4.90 Å². The van der Waals surface area contributed by atoms with E-state index in [2.05, 4.69) is 11.8 Å². The summed E-state index contributed by atoms with van der Waals surface area (Å²) in [6.07, 6.45) is -0.172. The first kappa shape index (κ1) is 13.7. The number of hydrogen-bond donors (Lipinski definition) is 1. The molecule has 1 fully saturated rings. The minimum Gasteiger partial charge on any atom is -0.374 e. The second-order valence-electron chi connectivity index (χ2n) is 4.38. The van der Waals surface area contributed by atoms with Gasteiger partial charge < -0.3 is 10.5 Å². The number of ether oxygens (including phenoxy) is 1. The number of benzene rings is 1. The number of nitrogens with two attached hydrogens (primary N) is 1. The van der Waals surface area contributed by atoms with Crippen molar-refractivity contribution in [2.75, 3.05) is 26.2 Å². The molecule has 1 aromatic rings. The highest BCUT2D eigenvalue weighted by atomic mass is 35.5. The van der Waals surface area contributed by atoms with Crippen LogP contribution in [0.5, 0.6) is 0 Å². The van der Waals surface area contributed by atoms with Gasteiger partial charge in [-0.05, 0) is 18.7 Å². The van der Waals surface area contributed by atoms with E-state index >= 15 is 0 Å². The Hall–Kier alpha value is -0.680. The zero-order valence-electron chi connectivity index (χ0n) is 10.4. The Morgan fingerprint density at radius 2 is 2.33 bits per heavy atom. The molecule has 1 aliphatic rings. The highest BCUT2D eigenvalue weighted by Crippen LogP contribution is 2.31. The smallest absolute Gasteiger partial charge is 0.129 e. The van der Waals surface area contributed by atoms with Crippen molar-refractivity contribution in [3.05, 3.63) is 34.6 Å². The van der Waals surface area contributed by atoms with Crippen molar-refractivity contribution < 1.29 is 9.13 Å². The van der Waals surface area contributed by atoms with E-state index in [0.29, 0.717) is 23.7 Å². The highest BCUT2D eigenvalue weighted by molar-refractivity contribution is 6.30. The molecule has 0 spiro atoms. The number of likely N-dealkylation sites (N-methyl/N-ethyl adjacent to an activating group) is 1. The summed E-state index contributed by atoms with van der Waals surface area (Å²) in [6, 6.07) is 4.64. The zero-order chi connectivity index (χ0) is 13.1. The van der Waals surface area contributed by atoms with E-state index in [9.17, 15) is 4.39 Å². The van der Waals surface area contributed by atoms with E-state index in [-0.39, 0.29) is 18.0 Å². The first-order chi connectivity index (χ1) is 8.67. The van der Waals surface area contributed by atoms with Crippen molar-refractivity contribution in [1.29, 1.82) is 0 Å². The molecule has 2 unspecified atom stereocenters. The molecular weight excluding hydrogens is 255 g/mol. The fraction of sp³-hybridized carbons (Fsp3) is 0.538. The largest absolute Gasteiger partial charge is 0.374 e. The van der Waals surface area contributed by atoms with E-state index < -0.39 is 0 Å². The quantitative estimate of drug-likeness (QED) is 0.917. The monoisotopic (exact) mass is 272 g/mol. The maximum absolute atomic E-state index is 14.0. The Labute approximate surface area is 112 Å². The van der Waals surface area contributed by atoms with Gasteiger partial charge in [0.25, 0.3) is 0 Å². The van der Waals surface area contributed by atoms with Gasteiger partial charge in [0.05, 0.1) is 18.8 Å². The summed E-state index contributed by atoms with van der Waals surface area (Å²) in [5.74, 6) is -0.296. The topological polar surface area (TPSA) is 38.5 Å². The van der Waals surface area contributed by atoms with Crippen LogP contribution in [0.1, 0.15) is 18.5 Å². The van der Waals surface area contributed by atoms with Crippen LogP contribution in [0.3, 0.4) is 0 Å². The third-order valence-corrected chi connectivity index (χ3v) is 3.61. The first-order valence-corrected chi connectivity index (χ1v) is 6.55. The van der Waals surface area contributed by atoms with E-state index in [1.165, 1.54) is 6.07 Å². The second kappa shape index (κ2) is 5.97. The lowest BCUT2D eigenvalue weighted by molar-refractivity contribution is -0.0668. The molecule has 0 aromatic heterocycles. The number of nitrogens with zero attached hydrogens (tertiary/aromatic N) is 1. The molecule has 1 saturated heterocycles. The average Bonchev–Trinajstić information content (AvgIpc) is 2.38. The average molecular weight is 273 g/mol. The Balaban J connectivity index is 2.36. The summed E-state index contributed by atoms with van der Waals surface area (Å²) in [4.78, 5) is 2.19. The van der Waals surface area contributed by atoms with E-state index in [4.69, 9.17) is 22.1 Å². The molecule has 0 amide bonds. The molecule has 2 rings (SSSR count). The number of hydrogen-bond acceptors (Lipinski definition) is 3. The Morgan fingerprint density at radius 1 is 1.56 bits per heavy atom. The highest BCUT2D eigenvalue weighted by Gasteiger charge is 2.33. The van der Waals surface area contributed by atoms with Gasteiger partial charge in [-0.2, -0.15) is 0 Å². The van der Waals surface area contributed by atoms with Crippen LogP contribution >= 0.6 is 11.6 Å². The first-order valence-electron chi connectivity index (χ1n) is 6.18. The van der Waals surface area contributed by atoms with Crippen LogP contribution in [0.4, 0.5) is 4.39 Å². The van der Waals surface area contributed by atoms with Crippen LogP contribution in [-0.4, -0.2) is 37.2 Å². The molecule has 2 N–H and O–H groups in total. The van der Waals surface area contributed by atoms with E-state index in [1.807, 2.05) is 0 Å². The van der Waals surface area contributed by atoms with Crippen molar-refractivity contribution >= 4 is 11.6 Å². The molecule has 3 nitrogen and oxygen atoms in total. The van der Waals surface area contributed by atoms with Gasteiger partial charge in [-0.25, -0.2) is 4.39 Å². The van der Waals surface area contributed by atoms with Crippen molar-refractivity contribution in [2.45, 2.75) is 19.1 Å². The lowest BCUT2D eigenvalue weighted by Crippen LogP contribution is -2.48. The molecule has 2 atom stereocenters. The maximum Gasteiger partial charge on any atom is 0.129 e. The van der Waals surface area contributed by atoms with Crippen molar-refractivity contribution in [3.63, 3.8) is 0 Å². The normalized spacial score (nSPS) is 25.3. The lowest BCUT2D eigenvalue weighted by Gasteiger charge is -2.40. The summed E-state index contributed by atoms with van der Waals surface area (Å²) < 4.78 is 19.7. The Bertz CT molecular complexity index is 404. The van der Waals surface area contributed by atoms with Gasteiger partial charge in [-0.1, -0.05) is 24.6 Å². The molecule has 0 aliphatic carbocycles. The van der Waals surface area contributed by atoms with Crippen LogP contribution < -0.4 is 5.73 Å². The van der Waals surface area contributed by atoms with Gasteiger partial charge in [0.15, 0.2) is 0 Å². The molecule has 5 heteroatoms. The van der Waals surface area contributed by atoms with Crippen LogP contribution in [-0.2, 0) is 4.74 Å². The third-order valence-electron chi connectivity index (χ3n) is 3.38. The Morgan fingerprint density at radius 3 is 2.94 bits per heavy atom. The number of morpholine rings is 1. The molecule has 18 heavy (non-hydrogen) atoms. The standard InChI is InChI=1S/C13H18ClFN2O/c1-2-17-5-6-18-12(8-16)13(17)10-4-3-9(14)7-11(10)15/h3-4,7,12-13H,2,5-6,8,16H2,1H3. The van der Waals surface area contributed by atoms with Gasteiger partial charge in [-0.3, -0.25) is 4.90 Å². The summed E-state index contributed by atoms with van der Waals surface area (Å²) >= 11 is 5.79. The second-order valence-corrected chi connectivity index (χ2v) is 4.82. The van der Waals surface area contributed by atoms with Crippen molar-refractivity contribution in [3.8, 4) is 0 Å². The van der Waals surface area contributed by atoms with Crippen LogP contribution in [0.15, 0.2) is 18.2 Å². The summed E-state index contributed by atoms with van der Waals surface area (Å²) in [7, 11) is 0. The lowest BCUT2D eigenvalue weighted by atomic mass is 9.97. The van der Waals surface area contributed by atoms with E-state index in [0.717, 1.165) is 13.1 Å². The van der Waals surface area contributed by atoms with Gasteiger partial charge in [0.2, 0.25) is 0 Å². The Kier molecular flexibility index (Phi) is 4.56. The number of halogens is 2. The van der Waals surface area contributed by atoms with Gasteiger partial charge in [0, 0.05) is 23.7 Å². The predicted octanol–water partition coefficient (Wildman–Crippen LogP) is 2.20. The van der Waals surface area contributed by atoms with Crippen LogP contribution in [0, 0.1) is 5.82 Å². The number of rotatable bonds is 3. The van der Waals surface area contributed by atoms with Crippen LogP contribution in [0.25, 0.3) is 0 Å². The van der Waals surface area contributed by atoms with Gasteiger partial charge in [0.1, 0.15) is 5.82 Å². The van der Waals surface area contributed by atoms with E-state index in [1.54, 1.807) is 12.1 Å². The molecular formula is C13H18ClFN2O. The molecule has 1 aromatic carbocycles. The zero-order valence-corrected chi connectivity index (χ0v) is 11.2. The molecule has 0 radical (unpaired) electrons. The predicted molar refractivity (Wildman–Crippen MR) is 70.2 cm³/mol. The van der Waals surface area contributed by atoms with Crippen molar-refractivity contribution in [2.24, 2.45) is 5.73 Å². The SMILES string of the molecule is CCN1CCOC(CN)C1c1ccc(Cl)cc1F. The summed E-state index contributed by atoms with van der Waals surface area (Å²) in [5.41, 5.74) is 6.34. The maximum atomic E-state index is 14.0. The molecule has 0 bridgehead atoms. The minimum absolute atomic E-state index is 0.133. The fourth-order valence-corrected chi connectivity index (χ4v) is 2.64. The van der Waals surface area contributed by atoms with Gasteiger partial charge >= 0.3 is 0 Å². The molecule has 1 heterocycles. The van der Waals surface area contributed by atoms with Gasteiger partial charge in [-0.15, -0.1) is 0 Å². The summed E-state index contributed by atoms with van der Waals surface area (Å²) in [6.45, 7) is 4.71. The molecule has 100 valence electrons. The molecule has 0 saturated carbocycles. The third kappa shape index (κ3) is 2.67. The minimum atomic E-state index is -0.296. The fourth-order valence-electron chi connectivity index (χ4n) is 2.48. The summed E-state index contributed by atoms with van der Waals surface area (Å²) in [5, 5.41) is 0.403. The van der Waals surface area contributed by atoms with Crippen LogP contribution in [0.2, 0.25) is 5.02 Å².